The zero-order valence-corrected chi connectivity index (χ0v) is 10.6. The first-order valence-electron chi connectivity index (χ1n) is 5.65. The Kier molecular flexibility index (Phi) is 5.29. The van der Waals surface area contributed by atoms with Crippen LogP contribution in [0.2, 0.25) is 0 Å². The van der Waals surface area contributed by atoms with Crippen LogP contribution in [0.5, 0.6) is 0 Å². The Bertz CT molecular complexity index is 462. The van der Waals surface area contributed by atoms with E-state index in [2.05, 4.69) is 22.1 Å². The van der Waals surface area contributed by atoms with Gasteiger partial charge in [0.15, 0.2) is 0 Å². The number of H-pyrrole nitrogens is 1. The fraction of sp³-hybridized carbons (Fsp3) is 0.333. The number of aromatic amines is 1. The van der Waals surface area contributed by atoms with Gasteiger partial charge in [0.2, 0.25) is 0 Å². The van der Waals surface area contributed by atoms with Gasteiger partial charge in [-0.3, -0.25) is 15.1 Å². The first-order valence-corrected chi connectivity index (χ1v) is 5.65. The summed E-state index contributed by atoms with van der Waals surface area (Å²) in [6.45, 7) is 9.42. The van der Waals surface area contributed by atoms with E-state index in [9.17, 15) is 4.79 Å². The summed E-state index contributed by atoms with van der Waals surface area (Å²) in [5.41, 5.74) is 4.23. The molecule has 0 unspecified atom stereocenters. The molecule has 0 bridgehead atoms. The molecule has 0 aromatic carbocycles. The maximum absolute atomic E-state index is 11.1. The number of hydroxylamine groups is 1. The second-order valence-corrected chi connectivity index (χ2v) is 3.87. The van der Waals surface area contributed by atoms with Crippen LogP contribution in [0.25, 0.3) is 5.57 Å². The lowest BCUT2D eigenvalue weighted by atomic mass is 10.1. The van der Waals surface area contributed by atoms with Gasteiger partial charge in [0.1, 0.15) is 5.69 Å². The first kappa shape index (κ1) is 14.1. The van der Waals surface area contributed by atoms with Gasteiger partial charge in [-0.05, 0) is 30.7 Å². The summed E-state index contributed by atoms with van der Waals surface area (Å²) in [6.07, 6.45) is 1.90. The van der Waals surface area contributed by atoms with Crippen molar-refractivity contribution in [3.8, 4) is 0 Å². The molecule has 6 heteroatoms. The number of amides is 1. The van der Waals surface area contributed by atoms with E-state index in [0.717, 1.165) is 17.7 Å². The van der Waals surface area contributed by atoms with Crippen molar-refractivity contribution in [2.45, 2.75) is 13.8 Å². The molecule has 1 rings (SSSR count). The minimum Gasteiger partial charge on any atom is -0.313 e. The Labute approximate surface area is 106 Å². The third-order valence-corrected chi connectivity index (χ3v) is 2.35. The van der Waals surface area contributed by atoms with Crippen molar-refractivity contribution in [2.24, 2.45) is 0 Å². The molecular weight excluding hydrogens is 232 g/mol. The number of rotatable bonds is 6. The summed E-state index contributed by atoms with van der Waals surface area (Å²) < 4.78 is 0. The largest absolute Gasteiger partial charge is 0.313 e. The lowest BCUT2D eigenvalue weighted by Gasteiger charge is -2.02. The SMILES string of the molecule is C=C(/C=C(\C)c1cc(C(=O)NO)[nH]n1)CNCC. The van der Waals surface area contributed by atoms with Crippen LogP contribution in [0.4, 0.5) is 0 Å². The van der Waals surface area contributed by atoms with Gasteiger partial charge >= 0.3 is 0 Å². The summed E-state index contributed by atoms with van der Waals surface area (Å²) >= 11 is 0. The number of likely N-dealkylation sites (N-methyl/N-ethyl adjacent to an activating group) is 1. The van der Waals surface area contributed by atoms with E-state index in [1.807, 2.05) is 19.9 Å². The average Bonchev–Trinajstić information content (AvgIpc) is 2.85. The molecule has 0 saturated carbocycles. The Morgan fingerprint density at radius 1 is 1.67 bits per heavy atom. The third kappa shape index (κ3) is 3.83. The van der Waals surface area contributed by atoms with E-state index in [1.165, 1.54) is 0 Å². The number of carbonyl (C=O) groups is 1. The predicted molar refractivity (Wildman–Crippen MR) is 69.2 cm³/mol. The number of nitrogens with one attached hydrogen (secondary N) is 3. The molecule has 1 aromatic heterocycles. The Morgan fingerprint density at radius 2 is 2.39 bits per heavy atom. The summed E-state index contributed by atoms with van der Waals surface area (Å²) in [5.74, 6) is -0.618. The Hall–Kier alpha value is -1.92. The summed E-state index contributed by atoms with van der Waals surface area (Å²) in [6, 6.07) is 1.57. The molecule has 1 heterocycles. The number of hydrogen-bond acceptors (Lipinski definition) is 4. The van der Waals surface area contributed by atoms with E-state index in [-0.39, 0.29) is 5.69 Å². The third-order valence-electron chi connectivity index (χ3n) is 2.35. The van der Waals surface area contributed by atoms with Crippen LogP contribution in [0, 0.1) is 0 Å². The number of hydrogen-bond donors (Lipinski definition) is 4. The molecule has 0 aliphatic rings. The maximum atomic E-state index is 11.1. The predicted octanol–water partition coefficient (Wildman–Crippen LogP) is 1.10. The lowest BCUT2D eigenvalue weighted by molar-refractivity contribution is 0.0700. The molecule has 0 aliphatic carbocycles. The molecule has 0 atom stereocenters. The molecule has 6 nitrogen and oxygen atoms in total. The van der Waals surface area contributed by atoms with E-state index >= 15 is 0 Å². The highest BCUT2D eigenvalue weighted by atomic mass is 16.5. The van der Waals surface area contributed by atoms with Crippen LogP contribution in [0.3, 0.4) is 0 Å². The highest BCUT2D eigenvalue weighted by Crippen LogP contribution is 2.13. The Balaban J connectivity index is 2.74. The average molecular weight is 250 g/mol. The van der Waals surface area contributed by atoms with Crippen molar-refractivity contribution in [1.82, 2.24) is 21.0 Å². The van der Waals surface area contributed by atoms with E-state index < -0.39 is 5.91 Å². The van der Waals surface area contributed by atoms with Crippen molar-refractivity contribution in [2.75, 3.05) is 13.1 Å². The molecule has 18 heavy (non-hydrogen) atoms. The second kappa shape index (κ2) is 6.73. The maximum Gasteiger partial charge on any atom is 0.292 e. The van der Waals surface area contributed by atoms with Crippen molar-refractivity contribution in [1.29, 1.82) is 0 Å². The lowest BCUT2D eigenvalue weighted by Crippen LogP contribution is -2.18. The van der Waals surface area contributed by atoms with Crippen molar-refractivity contribution in [3.05, 3.63) is 35.7 Å². The molecule has 4 N–H and O–H groups in total. The molecule has 0 aliphatic heterocycles. The normalized spacial score (nSPS) is 11.4. The molecule has 1 aromatic rings. The molecule has 0 spiro atoms. The standard InChI is InChI=1S/C12H18N4O2/c1-4-13-7-8(2)5-9(3)10-6-11(15-14-10)12(17)16-18/h5-6,13,18H,2,4,7H2,1,3H3,(H,14,15)(H,16,17)/b9-5+. The highest BCUT2D eigenvalue weighted by molar-refractivity contribution is 5.92. The molecule has 98 valence electrons. The topological polar surface area (TPSA) is 90.0 Å². The quantitative estimate of drug-likeness (QED) is 0.346. The fourth-order valence-corrected chi connectivity index (χ4v) is 1.42. The van der Waals surface area contributed by atoms with Gasteiger partial charge < -0.3 is 5.32 Å². The van der Waals surface area contributed by atoms with Crippen LogP contribution in [-0.2, 0) is 0 Å². The zero-order chi connectivity index (χ0) is 13.5. The second-order valence-electron chi connectivity index (χ2n) is 3.87. The minimum atomic E-state index is -0.618. The monoisotopic (exact) mass is 250 g/mol. The highest BCUT2D eigenvalue weighted by Gasteiger charge is 2.09. The van der Waals surface area contributed by atoms with E-state index in [0.29, 0.717) is 12.2 Å². The zero-order valence-electron chi connectivity index (χ0n) is 10.6. The van der Waals surface area contributed by atoms with Crippen LogP contribution in [-0.4, -0.2) is 34.4 Å². The minimum absolute atomic E-state index is 0.206. The van der Waals surface area contributed by atoms with Gasteiger partial charge in [-0.1, -0.05) is 19.6 Å². The number of nitrogens with zero attached hydrogens (tertiary/aromatic N) is 1. The molecule has 1 amide bonds. The smallest absolute Gasteiger partial charge is 0.292 e. The number of allylic oxidation sites excluding steroid dienone is 1. The fourth-order valence-electron chi connectivity index (χ4n) is 1.42. The molecular formula is C12H18N4O2. The van der Waals surface area contributed by atoms with Gasteiger partial charge in [-0.2, -0.15) is 5.10 Å². The Morgan fingerprint density at radius 3 is 3.00 bits per heavy atom. The van der Waals surface area contributed by atoms with E-state index in [1.54, 1.807) is 11.5 Å². The van der Waals surface area contributed by atoms with Crippen LogP contribution in [0.1, 0.15) is 30.0 Å². The summed E-state index contributed by atoms with van der Waals surface area (Å²) in [7, 11) is 0. The van der Waals surface area contributed by atoms with Gasteiger partial charge in [0, 0.05) is 6.54 Å². The van der Waals surface area contributed by atoms with Crippen LogP contribution in [0.15, 0.2) is 24.3 Å². The summed E-state index contributed by atoms with van der Waals surface area (Å²) in [4.78, 5) is 11.1. The van der Waals surface area contributed by atoms with Gasteiger partial charge in [-0.25, -0.2) is 5.48 Å². The summed E-state index contributed by atoms with van der Waals surface area (Å²) in [5, 5.41) is 18.2. The van der Waals surface area contributed by atoms with Gasteiger partial charge in [0.25, 0.3) is 5.91 Å². The van der Waals surface area contributed by atoms with Crippen molar-refractivity contribution in [3.63, 3.8) is 0 Å². The van der Waals surface area contributed by atoms with Crippen LogP contribution < -0.4 is 10.8 Å². The van der Waals surface area contributed by atoms with Gasteiger partial charge in [-0.15, -0.1) is 0 Å². The van der Waals surface area contributed by atoms with Crippen molar-refractivity contribution < 1.29 is 10.0 Å². The van der Waals surface area contributed by atoms with Crippen molar-refractivity contribution >= 4 is 11.5 Å². The number of carbonyl (C=O) groups excluding carboxylic acids is 1. The number of aromatic nitrogens is 2. The van der Waals surface area contributed by atoms with E-state index in [4.69, 9.17) is 5.21 Å². The molecule has 0 radical (unpaired) electrons. The molecule has 0 fully saturated rings. The first-order chi connectivity index (χ1) is 8.58. The molecule has 0 saturated heterocycles. The van der Waals surface area contributed by atoms with Gasteiger partial charge in [0.05, 0.1) is 5.69 Å². The van der Waals surface area contributed by atoms with Crippen LogP contribution >= 0.6 is 0 Å².